The summed E-state index contributed by atoms with van der Waals surface area (Å²) < 4.78 is 5.41. The topological polar surface area (TPSA) is 12.5 Å². The zero-order valence-electron chi connectivity index (χ0n) is 16.4. The molecule has 0 unspecified atom stereocenters. The third-order valence-corrected chi connectivity index (χ3v) is 4.58. The maximum absolute atomic E-state index is 5.41. The van der Waals surface area contributed by atoms with Gasteiger partial charge in [-0.2, -0.15) is 0 Å². The van der Waals surface area contributed by atoms with Crippen molar-refractivity contribution in [3.8, 4) is 17.6 Å². The van der Waals surface area contributed by atoms with Gasteiger partial charge < -0.3 is 9.64 Å². The second-order valence-corrected chi connectivity index (χ2v) is 6.75. The predicted octanol–water partition coefficient (Wildman–Crippen LogP) is 5.15. The second kappa shape index (κ2) is 11.4. The molecule has 0 aliphatic carbocycles. The lowest BCUT2D eigenvalue weighted by Crippen LogP contribution is -2.22. The Balaban J connectivity index is 2.02. The molecule has 2 aromatic carbocycles. The van der Waals surface area contributed by atoms with Crippen molar-refractivity contribution in [2.45, 2.75) is 39.0 Å². The Hall–Kier alpha value is -2.24. The molecule has 0 amide bonds. The highest BCUT2D eigenvalue weighted by atomic mass is 16.5. The van der Waals surface area contributed by atoms with E-state index in [-0.39, 0.29) is 0 Å². The summed E-state index contributed by atoms with van der Waals surface area (Å²) in [5, 5.41) is 0. The van der Waals surface area contributed by atoms with Gasteiger partial charge in [-0.3, -0.25) is 0 Å². The molecule has 2 heteroatoms. The number of likely N-dealkylation sites (N-methyl/N-ethyl adjacent to an activating group) is 1. The first-order valence-electron chi connectivity index (χ1n) is 9.65. The van der Waals surface area contributed by atoms with Crippen molar-refractivity contribution in [2.24, 2.45) is 0 Å². The molecule has 0 N–H and O–H groups in total. The Bertz CT molecular complexity index is 712. The van der Waals surface area contributed by atoms with E-state index >= 15 is 0 Å². The number of nitrogens with zero attached hydrogens (tertiary/aromatic N) is 1. The molecule has 26 heavy (non-hydrogen) atoms. The highest BCUT2D eigenvalue weighted by Gasteiger charge is 2.05. The van der Waals surface area contributed by atoms with Crippen molar-refractivity contribution < 1.29 is 4.74 Å². The summed E-state index contributed by atoms with van der Waals surface area (Å²) in [5.74, 6) is 7.51. The van der Waals surface area contributed by atoms with Gasteiger partial charge in [0.05, 0.1) is 7.11 Å². The third-order valence-electron chi connectivity index (χ3n) is 4.58. The number of unbranched alkanes of at least 4 members (excludes halogenated alkanes) is 3. The molecule has 0 saturated heterocycles. The Kier molecular flexibility index (Phi) is 8.79. The summed E-state index contributed by atoms with van der Waals surface area (Å²) in [6.07, 6.45) is 6.22. The van der Waals surface area contributed by atoms with E-state index in [4.69, 9.17) is 4.74 Å². The Morgan fingerprint density at radius 1 is 0.923 bits per heavy atom. The highest BCUT2D eigenvalue weighted by Crippen LogP contribution is 2.18. The van der Waals surface area contributed by atoms with Gasteiger partial charge in [0.25, 0.3) is 0 Å². The zero-order chi connectivity index (χ0) is 18.6. The van der Waals surface area contributed by atoms with Crippen molar-refractivity contribution in [1.82, 2.24) is 4.90 Å². The molecular weight excluding hydrogens is 318 g/mol. The lowest BCUT2D eigenvalue weighted by Gasteiger charge is -2.17. The van der Waals surface area contributed by atoms with Gasteiger partial charge in [0.15, 0.2) is 0 Å². The van der Waals surface area contributed by atoms with Crippen LogP contribution >= 0.6 is 0 Å². The van der Waals surface area contributed by atoms with E-state index in [9.17, 15) is 0 Å². The summed E-state index contributed by atoms with van der Waals surface area (Å²) >= 11 is 0. The Labute approximate surface area is 159 Å². The van der Waals surface area contributed by atoms with Gasteiger partial charge in [-0.15, -0.1) is 0 Å². The summed E-state index contributed by atoms with van der Waals surface area (Å²) in [5.41, 5.74) is 3.39. The maximum Gasteiger partial charge on any atom is 0.119 e. The first-order chi connectivity index (χ1) is 12.7. The summed E-state index contributed by atoms with van der Waals surface area (Å²) in [4.78, 5) is 2.42. The van der Waals surface area contributed by atoms with E-state index < -0.39 is 0 Å². The van der Waals surface area contributed by atoms with Crippen LogP contribution in [0.1, 0.15) is 49.3 Å². The van der Waals surface area contributed by atoms with Crippen molar-refractivity contribution in [3.05, 3.63) is 65.2 Å². The van der Waals surface area contributed by atoms with Gasteiger partial charge >= 0.3 is 0 Å². The molecular formula is C24H31NO. The molecule has 0 aromatic heterocycles. The molecule has 0 aliphatic heterocycles. The third kappa shape index (κ3) is 6.94. The van der Waals surface area contributed by atoms with Crippen LogP contribution in [0.15, 0.2) is 48.5 Å². The standard InChI is InChI=1S/C24H31NO/c1-4-5-6-10-18-25(2)19-17-23-20-24(26-3)16-15-22(23)14-13-21-11-8-7-9-12-21/h7-9,11-12,15-16,20H,4-6,10,17-19H2,1-3H3. The molecule has 0 heterocycles. The normalized spacial score (nSPS) is 10.5. The van der Waals surface area contributed by atoms with E-state index in [0.29, 0.717) is 0 Å². The minimum atomic E-state index is 0.899. The fraction of sp³-hybridized carbons (Fsp3) is 0.417. The van der Waals surface area contributed by atoms with Gasteiger partial charge in [-0.1, -0.05) is 56.2 Å². The molecule has 0 aliphatic rings. The van der Waals surface area contributed by atoms with Crippen LogP contribution < -0.4 is 4.74 Å². The van der Waals surface area contributed by atoms with Crippen LogP contribution in [-0.4, -0.2) is 32.1 Å². The molecule has 2 rings (SSSR count). The van der Waals surface area contributed by atoms with Crippen LogP contribution in [0.25, 0.3) is 0 Å². The maximum atomic E-state index is 5.41. The molecule has 2 nitrogen and oxygen atoms in total. The van der Waals surface area contributed by atoms with Crippen LogP contribution in [0.4, 0.5) is 0 Å². The van der Waals surface area contributed by atoms with Gasteiger partial charge in [-0.25, -0.2) is 0 Å². The first-order valence-corrected chi connectivity index (χ1v) is 9.65. The van der Waals surface area contributed by atoms with Gasteiger partial charge in [0.2, 0.25) is 0 Å². The smallest absolute Gasteiger partial charge is 0.119 e. The molecule has 0 bridgehead atoms. The summed E-state index contributed by atoms with van der Waals surface area (Å²) in [7, 11) is 3.93. The monoisotopic (exact) mass is 349 g/mol. The van der Waals surface area contributed by atoms with E-state index in [0.717, 1.165) is 36.4 Å². The molecule has 2 aromatic rings. The number of ether oxygens (including phenoxy) is 1. The van der Waals surface area contributed by atoms with E-state index in [1.54, 1.807) is 7.11 Å². The quantitative estimate of drug-likeness (QED) is 0.458. The SMILES string of the molecule is CCCCCCN(C)CCc1cc(OC)ccc1C#Cc1ccccc1. The molecule has 0 radical (unpaired) electrons. The summed E-state index contributed by atoms with van der Waals surface area (Å²) in [6.45, 7) is 4.46. The van der Waals surface area contributed by atoms with Crippen molar-refractivity contribution >= 4 is 0 Å². The van der Waals surface area contributed by atoms with Gasteiger partial charge in [0.1, 0.15) is 5.75 Å². The lowest BCUT2D eigenvalue weighted by atomic mass is 10.0. The van der Waals surface area contributed by atoms with Crippen LogP contribution in [0.5, 0.6) is 5.75 Å². The van der Waals surface area contributed by atoms with Crippen LogP contribution in [0, 0.1) is 11.8 Å². The van der Waals surface area contributed by atoms with Gasteiger partial charge in [0, 0.05) is 17.7 Å². The van der Waals surface area contributed by atoms with Crippen molar-refractivity contribution in [2.75, 3.05) is 27.2 Å². The minimum Gasteiger partial charge on any atom is -0.497 e. The Morgan fingerprint density at radius 3 is 2.46 bits per heavy atom. The minimum absolute atomic E-state index is 0.899. The second-order valence-electron chi connectivity index (χ2n) is 6.75. The number of benzene rings is 2. The molecule has 0 fully saturated rings. The number of methoxy groups -OCH3 is 1. The van der Waals surface area contributed by atoms with Crippen LogP contribution in [-0.2, 0) is 6.42 Å². The fourth-order valence-electron chi connectivity index (χ4n) is 2.92. The van der Waals surface area contributed by atoms with E-state index in [2.05, 4.69) is 42.8 Å². The van der Waals surface area contributed by atoms with Crippen LogP contribution in [0.2, 0.25) is 0 Å². The fourth-order valence-corrected chi connectivity index (χ4v) is 2.92. The van der Waals surface area contributed by atoms with E-state index in [1.807, 2.05) is 36.4 Å². The molecule has 0 saturated carbocycles. The largest absolute Gasteiger partial charge is 0.497 e. The summed E-state index contributed by atoms with van der Waals surface area (Å²) in [6, 6.07) is 16.3. The zero-order valence-corrected chi connectivity index (χ0v) is 16.4. The van der Waals surface area contributed by atoms with E-state index in [1.165, 1.54) is 31.2 Å². The van der Waals surface area contributed by atoms with Crippen molar-refractivity contribution in [3.63, 3.8) is 0 Å². The molecule has 138 valence electrons. The predicted molar refractivity (Wildman–Crippen MR) is 111 cm³/mol. The first kappa shape index (κ1) is 20.1. The number of hydrogen-bond donors (Lipinski definition) is 0. The highest BCUT2D eigenvalue weighted by molar-refractivity contribution is 5.49. The Morgan fingerprint density at radius 2 is 1.73 bits per heavy atom. The van der Waals surface area contributed by atoms with Crippen molar-refractivity contribution in [1.29, 1.82) is 0 Å². The molecule has 0 atom stereocenters. The number of hydrogen-bond acceptors (Lipinski definition) is 2. The average molecular weight is 350 g/mol. The van der Waals surface area contributed by atoms with Gasteiger partial charge in [-0.05, 0) is 62.3 Å². The average Bonchev–Trinajstić information content (AvgIpc) is 2.69. The molecule has 0 spiro atoms. The lowest BCUT2D eigenvalue weighted by molar-refractivity contribution is 0.328. The number of rotatable bonds is 9. The van der Waals surface area contributed by atoms with Crippen LogP contribution in [0.3, 0.4) is 0 Å².